The summed E-state index contributed by atoms with van der Waals surface area (Å²) in [6.07, 6.45) is 6.18. The van der Waals surface area contributed by atoms with Crippen LogP contribution in [0.2, 0.25) is 0 Å². The molecule has 1 unspecified atom stereocenters. The second-order valence-electron chi connectivity index (χ2n) is 7.41. The first-order valence-corrected chi connectivity index (χ1v) is 9.86. The number of carbonyl (C=O) groups is 1. The zero-order valence-electron chi connectivity index (χ0n) is 15.9. The maximum Gasteiger partial charge on any atom is 0.220 e. The number of guanidine groups is 1. The number of nitrogens with zero attached hydrogens (tertiary/aromatic N) is 2. The first kappa shape index (κ1) is 21.7. The summed E-state index contributed by atoms with van der Waals surface area (Å²) in [6, 6.07) is 0.257. The molecule has 0 bridgehead atoms. The van der Waals surface area contributed by atoms with Crippen LogP contribution in [0.5, 0.6) is 0 Å². The number of halogens is 1. The number of aliphatic imine (C=N–C) groups is 1. The third kappa shape index (κ3) is 5.69. The quantitative estimate of drug-likeness (QED) is 0.313. The standard InChI is InChI=1S/C18H33N5O2.HI/c1-2-19-17(22-15-5-6-16(24)20-13-15)21-14-18(7-11-25-12-8-18)23-9-3-4-10-23;/h15H,2-14H2,1H3,(H,20,24)(H2,19,21,22);1H. The van der Waals surface area contributed by atoms with Gasteiger partial charge < -0.3 is 20.7 Å². The largest absolute Gasteiger partial charge is 0.381 e. The van der Waals surface area contributed by atoms with Crippen LogP contribution in [-0.4, -0.2) is 74.3 Å². The van der Waals surface area contributed by atoms with Crippen molar-refractivity contribution in [3.63, 3.8) is 0 Å². The molecule has 1 amide bonds. The molecule has 0 saturated carbocycles. The summed E-state index contributed by atoms with van der Waals surface area (Å²) in [5.74, 6) is 1.02. The predicted octanol–water partition coefficient (Wildman–Crippen LogP) is 1.08. The van der Waals surface area contributed by atoms with Gasteiger partial charge in [0.1, 0.15) is 0 Å². The Hall–Kier alpha value is -0.610. The molecule has 3 fully saturated rings. The van der Waals surface area contributed by atoms with E-state index in [1.54, 1.807) is 0 Å². The smallest absolute Gasteiger partial charge is 0.220 e. The van der Waals surface area contributed by atoms with Crippen molar-refractivity contribution >= 4 is 35.8 Å². The number of ether oxygens (including phenoxy) is 1. The van der Waals surface area contributed by atoms with Crippen molar-refractivity contribution in [1.29, 1.82) is 0 Å². The van der Waals surface area contributed by atoms with Gasteiger partial charge in [0.2, 0.25) is 5.91 Å². The van der Waals surface area contributed by atoms with Gasteiger partial charge >= 0.3 is 0 Å². The van der Waals surface area contributed by atoms with E-state index in [1.807, 2.05) is 0 Å². The second-order valence-corrected chi connectivity index (χ2v) is 7.41. The van der Waals surface area contributed by atoms with Crippen LogP contribution >= 0.6 is 24.0 Å². The van der Waals surface area contributed by atoms with Gasteiger partial charge in [-0.2, -0.15) is 0 Å². The highest BCUT2D eigenvalue weighted by atomic mass is 127. The van der Waals surface area contributed by atoms with Crippen molar-refractivity contribution in [2.75, 3.05) is 45.9 Å². The van der Waals surface area contributed by atoms with Gasteiger partial charge in [0.25, 0.3) is 0 Å². The highest BCUT2D eigenvalue weighted by Crippen LogP contribution is 2.31. The van der Waals surface area contributed by atoms with E-state index < -0.39 is 0 Å². The van der Waals surface area contributed by atoms with Crippen molar-refractivity contribution in [1.82, 2.24) is 20.9 Å². The lowest BCUT2D eigenvalue weighted by molar-refractivity contribution is -0.122. The van der Waals surface area contributed by atoms with Crippen molar-refractivity contribution in [2.45, 2.75) is 57.0 Å². The Bertz CT molecular complexity index is 466. The molecular weight excluding hydrogens is 445 g/mol. The summed E-state index contributed by atoms with van der Waals surface area (Å²) >= 11 is 0. The number of nitrogens with one attached hydrogen (secondary N) is 3. The van der Waals surface area contributed by atoms with Crippen LogP contribution in [0.4, 0.5) is 0 Å². The molecule has 3 N–H and O–H groups in total. The second kappa shape index (κ2) is 10.7. The van der Waals surface area contributed by atoms with Crippen LogP contribution in [0.25, 0.3) is 0 Å². The van der Waals surface area contributed by atoms with E-state index in [2.05, 4.69) is 27.8 Å². The molecule has 0 aliphatic carbocycles. The van der Waals surface area contributed by atoms with Crippen LogP contribution in [0, 0.1) is 0 Å². The van der Waals surface area contributed by atoms with E-state index in [0.29, 0.717) is 13.0 Å². The molecule has 0 radical (unpaired) electrons. The number of hydrogen-bond donors (Lipinski definition) is 3. The van der Waals surface area contributed by atoms with Crippen LogP contribution < -0.4 is 16.0 Å². The van der Waals surface area contributed by atoms with Crippen molar-refractivity contribution in [3.8, 4) is 0 Å². The van der Waals surface area contributed by atoms with E-state index in [9.17, 15) is 4.79 Å². The van der Waals surface area contributed by atoms with Gasteiger partial charge in [0.05, 0.1) is 6.54 Å². The van der Waals surface area contributed by atoms with Crippen LogP contribution in [0.3, 0.4) is 0 Å². The third-order valence-corrected chi connectivity index (χ3v) is 5.68. The number of hydrogen-bond acceptors (Lipinski definition) is 4. The number of rotatable bonds is 5. The molecule has 0 aromatic carbocycles. The van der Waals surface area contributed by atoms with Gasteiger partial charge in [-0.25, -0.2) is 0 Å². The highest BCUT2D eigenvalue weighted by Gasteiger charge is 2.39. The van der Waals surface area contributed by atoms with Gasteiger partial charge in [0, 0.05) is 44.3 Å². The fraction of sp³-hybridized carbons (Fsp3) is 0.889. The summed E-state index contributed by atoms with van der Waals surface area (Å²) in [7, 11) is 0. The molecule has 150 valence electrons. The minimum atomic E-state index is 0. The molecular formula is C18H34IN5O2. The number of amides is 1. The number of likely N-dealkylation sites (tertiary alicyclic amines) is 1. The average Bonchev–Trinajstić information content (AvgIpc) is 3.18. The summed E-state index contributed by atoms with van der Waals surface area (Å²) in [6.45, 7) is 8.46. The molecule has 1 atom stereocenters. The van der Waals surface area contributed by atoms with E-state index in [1.165, 1.54) is 25.9 Å². The molecule has 3 heterocycles. The van der Waals surface area contributed by atoms with E-state index in [-0.39, 0.29) is 41.5 Å². The Kier molecular flexibility index (Phi) is 8.89. The monoisotopic (exact) mass is 479 g/mol. The molecule has 3 rings (SSSR count). The Morgan fingerprint density at radius 2 is 2.08 bits per heavy atom. The lowest BCUT2D eigenvalue weighted by atomic mass is 9.88. The summed E-state index contributed by atoms with van der Waals surface area (Å²) in [5.41, 5.74) is 0.151. The maximum absolute atomic E-state index is 11.3. The Morgan fingerprint density at radius 1 is 1.35 bits per heavy atom. The Labute approximate surface area is 174 Å². The predicted molar refractivity (Wildman–Crippen MR) is 114 cm³/mol. The summed E-state index contributed by atoms with van der Waals surface area (Å²) in [5, 5.41) is 9.79. The molecule has 7 nitrogen and oxygen atoms in total. The lowest BCUT2D eigenvalue weighted by Crippen LogP contribution is -2.55. The van der Waals surface area contributed by atoms with Gasteiger partial charge in [0.15, 0.2) is 5.96 Å². The van der Waals surface area contributed by atoms with Crippen molar-refractivity contribution < 1.29 is 9.53 Å². The fourth-order valence-electron chi connectivity index (χ4n) is 4.11. The number of carbonyl (C=O) groups excluding carboxylic acids is 1. The molecule has 0 aromatic rings. The van der Waals surface area contributed by atoms with E-state index in [4.69, 9.17) is 9.73 Å². The molecule has 3 saturated heterocycles. The zero-order chi connectivity index (χ0) is 17.5. The SMILES string of the molecule is CCNC(=NCC1(N2CCCC2)CCOCC1)NC1CCC(=O)NC1.I. The molecule has 3 aliphatic rings. The fourth-order valence-corrected chi connectivity index (χ4v) is 4.11. The minimum Gasteiger partial charge on any atom is -0.381 e. The summed E-state index contributed by atoms with van der Waals surface area (Å²) in [4.78, 5) is 18.9. The topological polar surface area (TPSA) is 78.0 Å². The maximum atomic E-state index is 11.3. The lowest BCUT2D eigenvalue weighted by Gasteiger charge is -2.43. The first-order chi connectivity index (χ1) is 12.2. The molecule has 8 heteroatoms. The van der Waals surface area contributed by atoms with E-state index in [0.717, 1.165) is 51.5 Å². The van der Waals surface area contributed by atoms with Crippen LogP contribution in [0.15, 0.2) is 4.99 Å². The zero-order valence-corrected chi connectivity index (χ0v) is 18.2. The summed E-state index contributed by atoms with van der Waals surface area (Å²) < 4.78 is 5.62. The molecule has 3 aliphatic heterocycles. The van der Waals surface area contributed by atoms with Gasteiger partial charge in [-0.3, -0.25) is 14.7 Å². The minimum absolute atomic E-state index is 0. The molecule has 26 heavy (non-hydrogen) atoms. The van der Waals surface area contributed by atoms with Crippen molar-refractivity contribution in [2.24, 2.45) is 4.99 Å². The van der Waals surface area contributed by atoms with Gasteiger partial charge in [-0.1, -0.05) is 0 Å². The van der Waals surface area contributed by atoms with Gasteiger partial charge in [-0.15, -0.1) is 24.0 Å². The molecule has 0 aromatic heterocycles. The Balaban J connectivity index is 0.00000243. The van der Waals surface area contributed by atoms with Crippen LogP contribution in [-0.2, 0) is 9.53 Å². The van der Waals surface area contributed by atoms with Crippen molar-refractivity contribution in [3.05, 3.63) is 0 Å². The third-order valence-electron chi connectivity index (χ3n) is 5.68. The van der Waals surface area contributed by atoms with Crippen LogP contribution in [0.1, 0.15) is 45.4 Å². The normalized spacial score (nSPS) is 26.7. The average molecular weight is 479 g/mol. The molecule has 0 spiro atoms. The first-order valence-electron chi connectivity index (χ1n) is 9.86. The van der Waals surface area contributed by atoms with Gasteiger partial charge in [-0.05, 0) is 52.1 Å². The Morgan fingerprint density at radius 3 is 2.69 bits per heavy atom. The van der Waals surface area contributed by atoms with E-state index >= 15 is 0 Å². The number of piperidine rings is 1. The highest BCUT2D eigenvalue weighted by molar-refractivity contribution is 14.0.